The van der Waals surface area contributed by atoms with Crippen molar-refractivity contribution in [3.05, 3.63) is 48.5 Å². The second-order valence-electron chi connectivity index (χ2n) is 10.8. The number of rotatable bonds is 17. The first-order valence-corrected chi connectivity index (χ1v) is 15.0. The molecule has 2 heterocycles. The smallest absolute Gasteiger partial charge is 0.257 e. The highest BCUT2D eigenvalue weighted by molar-refractivity contribution is 6.08. The molecule has 0 aliphatic carbocycles. The zero-order valence-electron chi connectivity index (χ0n) is 22.4. The molecule has 0 N–H and O–H groups in total. The van der Waals surface area contributed by atoms with Crippen molar-refractivity contribution >= 4 is 27.5 Å². The van der Waals surface area contributed by atoms with Gasteiger partial charge in [-0.25, -0.2) is 4.57 Å². The summed E-state index contributed by atoms with van der Waals surface area (Å²) in [7, 11) is 0. The zero-order valence-corrected chi connectivity index (χ0v) is 22.4. The van der Waals surface area contributed by atoms with Crippen molar-refractivity contribution in [1.82, 2.24) is 0 Å². The minimum Gasteiger partial charge on any atom is -0.257 e. The van der Waals surface area contributed by atoms with E-state index in [1.165, 1.54) is 137 Å². The maximum Gasteiger partial charge on any atom is 0.285 e. The van der Waals surface area contributed by atoms with Gasteiger partial charge in [0.15, 0.2) is 0 Å². The fraction of sp³-hybridized carbons (Fsp3) is 0.606. The SMILES string of the molecule is CCCCCCCCCCCCCCCCCCN1CC[n+]2c1c1ccccc1c1ccccc12. The number of fused-ring (bicyclic) bond motifs is 6. The predicted molar refractivity (Wildman–Crippen MR) is 153 cm³/mol. The molecule has 0 amide bonds. The minimum absolute atomic E-state index is 1.11. The molecule has 1 aromatic heterocycles. The summed E-state index contributed by atoms with van der Waals surface area (Å²) in [6.45, 7) is 5.76. The van der Waals surface area contributed by atoms with Crippen molar-refractivity contribution in [2.75, 3.05) is 18.0 Å². The van der Waals surface area contributed by atoms with E-state index in [4.69, 9.17) is 0 Å². The highest BCUT2D eigenvalue weighted by Gasteiger charge is 2.31. The largest absolute Gasteiger partial charge is 0.285 e. The van der Waals surface area contributed by atoms with Gasteiger partial charge < -0.3 is 0 Å². The van der Waals surface area contributed by atoms with E-state index in [0.717, 1.165) is 13.1 Å². The quantitative estimate of drug-likeness (QED) is 0.108. The van der Waals surface area contributed by atoms with Crippen LogP contribution in [0.25, 0.3) is 21.7 Å². The molecule has 0 saturated carbocycles. The third kappa shape index (κ3) is 7.21. The Morgan fingerprint density at radius 2 is 1.06 bits per heavy atom. The van der Waals surface area contributed by atoms with Gasteiger partial charge in [0.2, 0.25) is 0 Å². The summed E-state index contributed by atoms with van der Waals surface area (Å²) in [5, 5.41) is 4.20. The van der Waals surface area contributed by atoms with Crippen molar-refractivity contribution < 1.29 is 4.57 Å². The van der Waals surface area contributed by atoms with Gasteiger partial charge in [-0.05, 0) is 25.0 Å². The van der Waals surface area contributed by atoms with Crippen LogP contribution in [0.1, 0.15) is 110 Å². The lowest BCUT2D eigenvalue weighted by atomic mass is 10.0. The van der Waals surface area contributed by atoms with E-state index in [0.29, 0.717) is 0 Å². The molecule has 0 fully saturated rings. The Kier molecular flexibility index (Phi) is 10.7. The molecule has 0 spiro atoms. The summed E-state index contributed by atoms with van der Waals surface area (Å²) in [5.41, 5.74) is 1.38. The van der Waals surface area contributed by atoms with E-state index in [9.17, 15) is 0 Å². The van der Waals surface area contributed by atoms with Gasteiger partial charge >= 0.3 is 0 Å². The summed E-state index contributed by atoms with van der Waals surface area (Å²) in [4.78, 5) is 2.65. The molecule has 4 rings (SSSR count). The summed E-state index contributed by atoms with van der Waals surface area (Å²) in [6, 6.07) is 17.9. The summed E-state index contributed by atoms with van der Waals surface area (Å²) in [5.74, 6) is 1.44. The van der Waals surface area contributed by atoms with E-state index in [1.807, 2.05) is 0 Å². The molecule has 0 saturated heterocycles. The van der Waals surface area contributed by atoms with E-state index in [1.54, 1.807) is 0 Å². The molecule has 0 unspecified atom stereocenters. The molecule has 35 heavy (non-hydrogen) atoms. The number of nitrogens with zero attached hydrogens (tertiary/aromatic N) is 2. The summed E-state index contributed by atoms with van der Waals surface area (Å²) < 4.78 is 2.56. The van der Waals surface area contributed by atoms with Gasteiger partial charge in [0.1, 0.15) is 18.6 Å². The van der Waals surface area contributed by atoms with Gasteiger partial charge in [-0.3, -0.25) is 4.90 Å². The van der Waals surface area contributed by atoms with Crippen molar-refractivity contribution in [3.63, 3.8) is 0 Å². The number of para-hydroxylation sites is 1. The van der Waals surface area contributed by atoms with Crippen LogP contribution < -0.4 is 9.47 Å². The van der Waals surface area contributed by atoms with Gasteiger partial charge in [0.05, 0.1) is 11.9 Å². The minimum atomic E-state index is 1.11. The molecule has 0 bridgehead atoms. The molecule has 190 valence electrons. The molecule has 3 aromatic rings. The zero-order chi connectivity index (χ0) is 24.1. The Morgan fingerprint density at radius 1 is 0.571 bits per heavy atom. The number of hydrogen-bond donors (Lipinski definition) is 0. The molecular weight excluding hydrogens is 424 g/mol. The van der Waals surface area contributed by atoms with Crippen LogP contribution in [0, 0.1) is 0 Å². The van der Waals surface area contributed by atoms with Gasteiger partial charge in [-0.2, -0.15) is 0 Å². The van der Waals surface area contributed by atoms with Gasteiger partial charge in [-0.1, -0.05) is 133 Å². The summed E-state index contributed by atoms with van der Waals surface area (Å²) >= 11 is 0. The Labute approximate surface area is 214 Å². The Bertz CT molecular complexity index is 1020. The Morgan fingerprint density at radius 3 is 1.66 bits per heavy atom. The standard InChI is InChI=1S/C33H49N2/c1-2-3-4-5-6-7-8-9-10-11-12-13-14-15-16-21-26-34-27-28-35-32-25-20-19-23-30(32)29-22-17-18-24-31(29)33(34)35/h17-20,22-25H,2-16,21,26-28H2,1H3/q+1. The first kappa shape index (κ1) is 26.0. The third-order valence-electron chi connectivity index (χ3n) is 8.08. The number of hydrogen-bond acceptors (Lipinski definition) is 1. The van der Waals surface area contributed by atoms with Crippen LogP contribution in [-0.2, 0) is 6.54 Å². The second kappa shape index (κ2) is 14.5. The van der Waals surface area contributed by atoms with Crippen molar-refractivity contribution in [2.45, 2.75) is 116 Å². The maximum atomic E-state index is 2.65. The highest BCUT2D eigenvalue weighted by atomic mass is 15.3. The number of anilines is 1. The van der Waals surface area contributed by atoms with Crippen LogP contribution in [0.4, 0.5) is 5.82 Å². The molecule has 1 aliphatic heterocycles. The predicted octanol–water partition coefficient (Wildman–Crippen LogP) is 9.36. The van der Waals surface area contributed by atoms with Crippen LogP contribution in [0.5, 0.6) is 0 Å². The normalized spacial score (nSPS) is 13.2. The lowest BCUT2D eigenvalue weighted by Crippen LogP contribution is -2.32. The molecule has 1 aliphatic rings. The average molecular weight is 474 g/mol. The fourth-order valence-corrected chi connectivity index (χ4v) is 6.07. The number of aromatic nitrogens is 1. The molecule has 0 atom stereocenters. The van der Waals surface area contributed by atoms with E-state index in [2.05, 4.69) is 64.9 Å². The van der Waals surface area contributed by atoms with Gasteiger partial charge in [0.25, 0.3) is 5.82 Å². The monoisotopic (exact) mass is 473 g/mol. The van der Waals surface area contributed by atoms with E-state index < -0.39 is 0 Å². The van der Waals surface area contributed by atoms with Crippen molar-refractivity contribution in [1.29, 1.82) is 0 Å². The fourth-order valence-electron chi connectivity index (χ4n) is 6.07. The van der Waals surface area contributed by atoms with Crippen LogP contribution in [-0.4, -0.2) is 13.1 Å². The first-order chi connectivity index (χ1) is 17.4. The number of pyridine rings is 1. The van der Waals surface area contributed by atoms with Crippen molar-refractivity contribution in [2.24, 2.45) is 0 Å². The van der Waals surface area contributed by atoms with E-state index >= 15 is 0 Å². The highest BCUT2D eigenvalue weighted by Crippen LogP contribution is 2.32. The molecule has 0 radical (unpaired) electrons. The van der Waals surface area contributed by atoms with Gasteiger partial charge in [0, 0.05) is 10.8 Å². The molecule has 2 heteroatoms. The lowest BCUT2D eigenvalue weighted by molar-refractivity contribution is -0.643. The number of unbranched alkanes of at least 4 members (excludes halogenated alkanes) is 15. The van der Waals surface area contributed by atoms with Crippen LogP contribution >= 0.6 is 0 Å². The van der Waals surface area contributed by atoms with E-state index in [-0.39, 0.29) is 0 Å². The Balaban J connectivity index is 1.10. The lowest BCUT2D eigenvalue weighted by Gasteiger charge is -2.14. The van der Waals surface area contributed by atoms with Gasteiger partial charge in [-0.15, -0.1) is 0 Å². The second-order valence-corrected chi connectivity index (χ2v) is 10.8. The number of benzene rings is 2. The van der Waals surface area contributed by atoms with Crippen LogP contribution in [0.3, 0.4) is 0 Å². The third-order valence-corrected chi connectivity index (χ3v) is 8.08. The molecule has 2 aromatic carbocycles. The summed E-state index contributed by atoms with van der Waals surface area (Å²) in [6.07, 6.45) is 22.9. The first-order valence-electron chi connectivity index (χ1n) is 15.0. The topological polar surface area (TPSA) is 7.12 Å². The van der Waals surface area contributed by atoms with Crippen molar-refractivity contribution in [3.8, 4) is 0 Å². The van der Waals surface area contributed by atoms with Crippen LogP contribution in [0.15, 0.2) is 48.5 Å². The molecule has 2 nitrogen and oxygen atoms in total. The maximum absolute atomic E-state index is 2.65. The van der Waals surface area contributed by atoms with Crippen LogP contribution in [0.2, 0.25) is 0 Å². The average Bonchev–Trinajstić information content (AvgIpc) is 3.33. The molecular formula is C33H49N2+. The Hall–Kier alpha value is -2.09.